The molecule has 4 rings (SSSR count). The summed E-state index contributed by atoms with van der Waals surface area (Å²) in [6, 6.07) is 16.5. The van der Waals surface area contributed by atoms with Crippen LogP contribution in [-0.4, -0.2) is 20.9 Å². The first kappa shape index (κ1) is 19.2. The third kappa shape index (κ3) is 3.85. The number of hydrogen-bond donors (Lipinski definition) is 1. The molecule has 28 heavy (non-hydrogen) atoms. The molecule has 0 saturated heterocycles. The van der Waals surface area contributed by atoms with Crippen molar-refractivity contribution in [2.24, 2.45) is 0 Å². The number of hydrogen-bond acceptors (Lipinski definition) is 3. The van der Waals surface area contributed by atoms with E-state index in [0.29, 0.717) is 32.3 Å². The van der Waals surface area contributed by atoms with Crippen molar-refractivity contribution in [2.45, 2.75) is 6.92 Å². The molecule has 1 N–H and O–H groups in total. The number of carbonyl (C=O) groups excluding carboxylic acids is 1. The van der Waals surface area contributed by atoms with Gasteiger partial charge in [-0.05, 0) is 72.0 Å². The van der Waals surface area contributed by atoms with Gasteiger partial charge in [-0.25, -0.2) is 0 Å². The first-order valence-electron chi connectivity index (χ1n) is 8.31. The Morgan fingerprint density at radius 3 is 2.36 bits per heavy atom. The number of nitrogens with zero attached hydrogens (tertiary/aromatic N) is 3. The molecule has 0 atom stereocenters. The number of anilines is 1. The fourth-order valence-corrected chi connectivity index (χ4v) is 3.59. The molecule has 0 aliphatic heterocycles. The molecule has 1 aromatic heterocycles. The van der Waals surface area contributed by atoms with Crippen molar-refractivity contribution in [3.8, 4) is 5.69 Å². The summed E-state index contributed by atoms with van der Waals surface area (Å²) in [7, 11) is 0. The van der Waals surface area contributed by atoms with Gasteiger partial charge in [-0.1, -0.05) is 40.9 Å². The number of amides is 1. The quantitative estimate of drug-likeness (QED) is 0.341. The minimum atomic E-state index is -0.337. The second kappa shape index (κ2) is 7.69. The number of fused-ring (bicyclic) bond motifs is 1. The van der Waals surface area contributed by atoms with Gasteiger partial charge in [-0.2, -0.15) is 4.80 Å². The lowest BCUT2D eigenvalue weighted by Crippen LogP contribution is -2.13. The predicted molar refractivity (Wildman–Crippen MR) is 121 cm³/mol. The number of aryl methyl sites for hydroxylation is 1. The van der Waals surface area contributed by atoms with Gasteiger partial charge in [0, 0.05) is 3.57 Å². The maximum absolute atomic E-state index is 12.6. The average molecular weight is 523 g/mol. The van der Waals surface area contributed by atoms with Gasteiger partial charge in [-0.15, -0.1) is 10.2 Å². The van der Waals surface area contributed by atoms with Gasteiger partial charge in [-0.3, -0.25) is 4.79 Å². The van der Waals surface area contributed by atoms with Crippen molar-refractivity contribution in [1.29, 1.82) is 0 Å². The van der Waals surface area contributed by atoms with Gasteiger partial charge in [0.25, 0.3) is 5.91 Å². The third-order valence-electron chi connectivity index (χ3n) is 4.16. The Morgan fingerprint density at radius 2 is 1.64 bits per heavy atom. The topological polar surface area (TPSA) is 59.8 Å². The van der Waals surface area contributed by atoms with E-state index >= 15 is 0 Å². The Bertz CT molecular complexity index is 1210. The van der Waals surface area contributed by atoms with Crippen LogP contribution in [0.25, 0.3) is 16.7 Å². The van der Waals surface area contributed by atoms with Crippen molar-refractivity contribution in [3.05, 3.63) is 79.3 Å². The molecule has 3 aromatic carbocycles. The molecular formula is C20H13Cl2IN4O. The molecule has 0 saturated carbocycles. The number of halogens is 3. The largest absolute Gasteiger partial charge is 0.321 e. The minimum Gasteiger partial charge on any atom is -0.321 e. The minimum absolute atomic E-state index is 0.337. The molecule has 0 bridgehead atoms. The fourth-order valence-electron chi connectivity index (χ4n) is 2.69. The third-order valence-corrected chi connectivity index (χ3v) is 5.47. The van der Waals surface area contributed by atoms with Gasteiger partial charge in [0.1, 0.15) is 11.0 Å². The molecule has 0 spiro atoms. The van der Waals surface area contributed by atoms with Crippen molar-refractivity contribution < 1.29 is 4.79 Å². The highest BCUT2D eigenvalue weighted by Gasteiger charge is 2.15. The molecule has 0 fully saturated rings. The Labute approximate surface area is 184 Å². The number of carbonyl (C=O) groups is 1. The van der Waals surface area contributed by atoms with Gasteiger partial charge < -0.3 is 5.32 Å². The number of benzene rings is 3. The van der Waals surface area contributed by atoms with E-state index in [2.05, 4.69) is 38.1 Å². The molecule has 5 nitrogen and oxygen atoms in total. The smallest absolute Gasteiger partial charge is 0.257 e. The molecule has 140 valence electrons. The first-order chi connectivity index (χ1) is 13.4. The lowest BCUT2D eigenvalue weighted by molar-refractivity contribution is 0.102. The Balaban J connectivity index is 1.68. The highest BCUT2D eigenvalue weighted by atomic mass is 127. The number of nitrogens with one attached hydrogen (secondary N) is 1. The SMILES string of the molecule is Cc1ccc(-n2nc3cc(Cl)c(NC(=O)c4cc(I)ccc4Cl)cc3n2)cc1. The second-order valence-electron chi connectivity index (χ2n) is 6.22. The summed E-state index contributed by atoms with van der Waals surface area (Å²) in [6.45, 7) is 2.02. The van der Waals surface area contributed by atoms with E-state index in [1.165, 1.54) is 0 Å². The fraction of sp³-hybridized carbons (Fsp3) is 0.0500. The monoisotopic (exact) mass is 522 g/mol. The van der Waals surface area contributed by atoms with E-state index in [9.17, 15) is 4.79 Å². The van der Waals surface area contributed by atoms with E-state index in [0.717, 1.165) is 14.8 Å². The lowest BCUT2D eigenvalue weighted by Gasteiger charge is -2.08. The normalized spacial score (nSPS) is 11.0. The molecule has 1 amide bonds. The van der Waals surface area contributed by atoms with Crippen molar-refractivity contribution in [3.63, 3.8) is 0 Å². The zero-order valence-corrected chi connectivity index (χ0v) is 18.2. The maximum Gasteiger partial charge on any atom is 0.257 e. The van der Waals surface area contributed by atoms with Crippen LogP contribution in [0.3, 0.4) is 0 Å². The van der Waals surface area contributed by atoms with Gasteiger partial charge in [0.2, 0.25) is 0 Å². The summed E-state index contributed by atoms with van der Waals surface area (Å²) < 4.78 is 0.912. The summed E-state index contributed by atoms with van der Waals surface area (Å²) in [4.78, 5) is 14.2. The summed E-state index contributed by atoms with van der Waals surface area (Å²) >= 11 is 14.6. The summed E-state index contributed by atoms with van der Waals surface area (Å²) in [5.74, 6) is -0.337. The van der Waals surface area contributed by atoms with Crippen LogP contribution in [0, 0.1) is 10.5 Å². The maximum atomic E-state index is 12.6. The summed E-state index contributed by atoms with van der Waals surface area (Å²) in [5, 5.41) is 12.5. The zero-order chi connectivity index (χ0) is 19.8. The molecular weight excluding hydrogens is 510 g/mol. The summed E-state index contributed by atoms with van der Waals surface area (Å²) in [6.07, 6.45) is 0. The van der Waals surface area contributed by atoms with Crippen LogP contribution in [0.15, 0.2) is 54.6 Å². The molecule has 4 aromatic rings. The summed E-state index contributed by atoms with van der Waals surface area (Å²) in [5.41, 5.74) is 4.08. The van der Waals surface area contributed by atoms with E-state index in [-0.39, 0.29) is 5.91 Å². The molecule has 0 unspecified atom stereocenters. The molecule has 1 heterocycles. The highest BCUT2D eigenvalue weighted by Crippen LogP contribution is 2.28. The highest BCUT2D eigenvalue weighted by molar-refractivity contribution is 14.1. The van der Waals surface area contributed by atoms with Crippen molar-refractivity contribution in [1.82, 2.24) is 15.0 Å². The van der Waals surface area contributed by atoms with Crippen LogP contribution in [0.1, 0.15) is 15.9 Å². The van der Waals surface area contributed by atoms with Gasteiger partial charge >= 0.3 is 0 Å². The van der Waals surface area contributed by atoms with E-state index in [4.69, 9.17) is 23.2 Å². The standard InChI is InChI=1S/C20H13Cl2IN4O/c1-11-2-5-13(6-3-11)27-25-18-9-16(22)17(10-19(18)26-27)24-20(28)14-8-12(23)4-7-15(14)21/h2-10H,1H3,(H,24,28). The van der Waals surface area contributed by atoms with Gasteiger partial charge in [0.15, 0.2) is 0 Å². The Hall–Kier alpha value is -2.16. The van der Waals surface area contributed by atoms with E-state index < -0.39 is 0 Å². The van der Waals surface area contributed by atoms with Crippen LogP contribution in [0.5, 0.6) is 0 Å². The lowest BCUT2D eigenvalue weighted by atomic mass is 10.2. The number of aromatic nitrogens is 3. The van der Waals surface area contributed by atoms with Crippen LogP contribution in [-0.2, 0) is 0 Å². The molecule has 8 heteroatoms. The van der Waals surface area contributed by atoms with E-state index in [1.54, 1.807) is 29.1 Å². The molecule has 0 aliphatic carbocycles. The van der Waals surface area contributed by atoms with Crippen molar-refractivity contribution in [2.75, 3.05) is 5.32 Å². The second-order valence-corrected chi connectivity index (χ2v) is 8.28. The van der Waals surface area contributed by atoms with Crippen LogP contribution in [0.2, 0.25) is 10.0 Å². The zero-order valence-electron chi connectivity index (χ0n) is 14.6. The first-order valence-corrected chi connectivity index (χ1v) is 10.1. The Morgan fingerprint density at radius 1 is 0.964 bits per heavy atom. The van der Waals surface area contributed by atoms with Crippen LogP contribution in [0.4, 0.5) is 5.69 Å². The average Bonchev–Trinajstić information content (AvgIpc) is 3.07. The van der Waals surface area contributed by atoms with Crippen LogP contribution < -0.4 is 5.32 Å². The van der Waals surface area contributed by atoms with E-state index in [1.807, 2.05) is 37.3 Å². The number of rotatable bonds is 3. The predicted octanol–water partition coefficient (Wildman–Crippen LogP) is 5.89. The Kier molecular flexibility index (Phi) is 5.27. The van der Waals surface area contributed by atoms with Crippen molar-refractivity contribution >= 4 is 68.4 Å². The van der Waals surface area contributed by atoms with Crippen LogP contribution >= 0.6 is 45.8 Å². The van der Waals surface area contributed by atoms with Gasteiger partial charge in [0.05, 0.1) is 27.0 Å². The molecule has 0 aliphatic rings. The molecule has 0 radical (unpaired) electrons.